The monoisotopic (exact) mass is 190 g/mol. The molecule has 0 saturated heterocycles. The summed E-state index contributed by atoms with van der Waals surface area (Å²) < 4.78 is 21.0. The summed E-state index contributed by atoms with van der Waals surface area (Å²) in [5.41, 5.74) is 1.26. The van der Waals surface area contributed by atoms with Crippen LogP contribution in [0, 0.1) is 6.92 Å². The Balaban J connectivity index is 0. The fourth-order valence-electron chi connectivity index (χ4n) is 0.674. The normalized spacial score (nSPS) is 7.23. The predicted octanol–water partition coefficient (Wildman–Crippen LogP) is 3.87. The van der Waals surface area contributed by atoms with Crippen LogP contribution in [0.15, 0.2) is 24.3 Å². The van der Waals surface area contributed by atoms with Crippen LogP contribution in [0.3, 0.4) is 0 Å². The van der Waals surface area contributed by atoms with E-state index in [1.54, 1.807) is 7.11 Å². The number of benzene rings is 1. The number of aryl methyl sites for hydroxylation is 1. The maximum absolute atomic E-state index is 8.00. The zero-order valence-electron chi connectivity index (χ0n) is 8.47. The quantitative estimate of drug-likeness (QED) is 0.653. The van der Waals surface area contributed by atoms with Gasteiger partial charge in [0.1, 0.15) is 5.75 Å². The summed E-state index contributed by atoms with van der Waals surface area (Å²) >= 11 is 0. The zero-order valence-corrected chi connectivity index (χ0v) is 8.47. The van der Waals surface area contributed by atoms with E-state index in [4.69, 9.17) is 13.9 Å². The average molecular weight is 190 g/mol. The lowest BCUT2D eigenvalue weighted by Gasteiger charge is -1.97. The van der Waals surface area contributed by atoms with Crippen LogP contribution in [-0.4, -0.2) is 7.11 Å². The van der Waals surface area contributed by atoms with Crippen molar-refractivity contribution >= 4 is 0 Å². The minimum atomic E-state index is 0.917. The molecule has 3 heteroatoms. The lowest BCUT2D eigenvalue weighted by Crippen LogP contribution is -1.80. The van der Waals surface area contributed by atoms with E-state index in [9.17, 15) is 0 Å². The van der Waals surface area contributed by atoms with E-state index < -0.39 is 0 Å². The average Bonchev–Trinajstić information content (AvgIpc) is 2.25. The Bertz CT molecular complexity index is 185. The van der Waals surface area contributed by atoms with Gasteiger partial charge in [-0.25, -0.2) is 0 Å². The van der Waals surface area contributed by atoms with Crippen molar-refractivity contribution in [1.29, 1.82) is 0 Å². The number of methoxy groups -OCH3 is 1. The SMILES string of the molecule is CC.COc1ccc(C)cc1.FF. The summed E-state index contributed by atoms with van der Waals surface area (Å²) in [5, 5.41) is 0. The largest absolute Gasteiger partial charge is 0.497 e. The molecule has 1 aromatic rings. The van der Waals surface area contributed by atoms with Crippen LogP contribution < -0.4 is 4.74 Å². The van der Waals surface area contributed by atoms with Gasteiger partial charge in [-0.3, -0.25) is 0 Å². The predicted molar refractivity (Wildman–Crippen MR) is 51.3 cm³/mol. The first kappa shape index (κ1) is 14.4. The Morgan fingerprint density at radius 3 is 1.69 bits per heavy atom. The third kappa shape index (κ3) is 7.25. The van der Waals surface area contributed by atoms with E-state index in [0.29, 0.717) is 0 Å². The second-order valence-electron chi connectivity index (χ2n) is 2.02. The zero-order chi connectivity index (χ0) is 10.7. The number of rotatable bonds is 1. The van der Waals surface area contributed by atoms with E-state index in [-0.39, 0.29) is 0 Å². The third-order valence-electron chi connectivity index (χ3n) is 1.26. The Morgan fingerprint density at radius 2 is 1.38 bits per heavy atom. The summed E-state index contributed by atoms with van der Waals surface area (Å²) in [7, 11) is 1.67. The van der Waals surface area contributed by atoms with Gasteiger partial charge in [0.2, 0.25) is 0 Å². The Kier molecular flexibility index (Phi) is 12.1. The molecule has 0 N–H and O–H groups in total. The second kappa shape index (κ2) is 10.9. The lowest BCUT2D eigenvalue weighted by atomic mass is 10.2. The van der Waals surface area contributed by atoms with E-state index in [1.807, 2.05) is 38.1 Å². The number of hydrogen-bond acceptors (Lipinski definition) is 1. The number of halogens is 2. The van der Waals surface area contributed by atoms with Gasteiger partial charge < -0.3 is 4.74 Å². The molecule has 0 unspecified atom stereocenters. The summed E-state index contributed by atoms with van der Waals surface area (Å²) in [6.45, 7) is 6.06. The molecule has 1 aromatic carbocycles. The Hall–Kier alpha value is -1.12. The molecular weight excluding hydrogens is 174 g/mol. The molecule has 0 bridgehead atoms. The van der Waals surface area contributed by atoms with Crippen LogP contribution in [0.4, 0.5) is 9.15 Å². The smallest absolute Gasteiger partial charge is 0.118 e. The van der Waals surface area contributed by atoms with Crippen LogP contribution >= 0.6 is 0 Å². The molecule has 0 spiro atoms. The first-order valence-electron chi connectivity index (χ1n) is 4.08. The summed E-state index contributed by atoms with van der Waals surface area (Å²) in [4.78, 5) is 0. The van der Waals surface area contributed by atoms with Crippen molar-refractivity contribution in [3.05, 3.63) is 29.8 Å². The van der Waals surface area contributed by atoms with Crippen molar-refractivity contribution in [1.82, 2.24) is 0 Å². The Morgan fingerprint density at radius 1 is 1.00 bits per heavy atom. The topological polar surface area (TPSA) is 9.23 Å². The van der Waals surface area contributed by atoms with Crippen LogP contribution in [0.2, 0.25) is 0 Å². The molecule has 0 atom stereocenters. The fraction of sp³-hybridized carbons (Fsp3) is 0.400. The lowest BCUT2D eigenvalue weighted by molar-refractivity contribution is 0.108. The first-order valence-corrected chi connectivity index (χ1v) is 4.08. The van der Waals surface area contributed by atoms with Crippen molar-refractivity contribution in [2.24, 2.45) is 0 Å². The molecule has 0 heterocycles. The van der Waals surface area contributed by atoms with Gasteiger partial charge in [-0.15, -0.1) is 0 Å². The molecule has 13 heavy (non-hydrogen) atoms. The van der Waals surface area contributed by atoms with Crippen LogP contribution in [0.5, 0.6) is 5.75 Å². The molecule has 0 aliphatic carbocycles. The van der Waals surface area contributed by atoms with Crippen molar-refractivity contribution in [3.8, 4) is 5.75 Å². The number of hydrogen-bond donors (Lipinski definition) is 0. The minimum absolute atomic E-state index is 0.917. The van der Waals surface area contributed by atoms with Gasteiger partial charge in [0, 0.05) is 9.15 Å². The molecule has 76 valence electrons. The molecule has 0 amide bonds. The molecule has 0 aromatic heterocycles. The fourth-order valence-corrected chi connectivity index (χ4v) is 0.674. The maximum atomic E-state index is 8.00. The van der Waals surface area contributed by atoms with Gasteiger partial charge in [-0.1, -0.05) is 31.5 Å². The number of ether oxygens (including phenoxy) is 1. The minimum Gasteiger partial charge on any atom is -0.497 e. The van der Waals surface area contributed by atoms with Gasteiger partial charge >= 0.3 is 0 Å². The third-order valence-corrected chi connectivity index (χ3v) is 1.26. The van der Waals surface area contributed by atoms with Gasteiger partial charge in [-0.05, 0) is 19.1 Å². The molecular formula is C10H16F2O. The highest BCUT2D eigenvalue weighted by Crippen LogP contribution is 2.09. The molecule has 0 fully saturated rings. The molecule has 1 rings (SSSR count). The van der Waals surface area contributed by atoms with Crippen LogP contribution in [-0.2, 0) is 0 Å². The molecule has 0 aliphatic heterocycles. The van der Waals surface area contributed by atoms with Crippen LogP contribution in [0.1, 0.15) is 19.4 Å². The molecule has 0 radical (unpaired) electrons. The van der Waals surface area contributed by atoms with Gasteiger partial charge in [0.25, 0.3) is 0 Å². The van der Waals surface area contributed by atoms with E-state index in [2.05, 4.69) is 6.92 Å². The Labute approximate surface area is 78.2 Å². The second-order valence-corrected chi connectivity index (χ2v) is 2.02. The molecule has 0 saturated carbocycles. The van der Waals surface area contributed by atoms with E-state index >= 15 is 0 Å². The van der Waals surface area contributed by atoms with Crippen molar-refractivity contribution < 1.29 is 13.9 Å². The van der Waals surface area contributed by atoms with Crippen molar-refractivity contribution in [2.45, 2.75) is 20.8 Å². The first-order chi connectivity index (χ1) is 6.33. The van der Waals surface area contributed by atoms with Crippen molar-refractivity contribution in [2.75, 3.05) is 7.11 Å². The summed E-state index contributed by atoms with van der Waals surface area (Å²) in [6.07, 6.45) is 0. The summed E-state index contributed by atoms with van der Waals surface area (Å²) in [5.74, 6) is 0.917. The summed E-state index contributed by atoms with van der Waals surface area (Å²) in [6, 6.07) is 7.96. The van der Waals surface area contributed by atoms with Gasteiger partial charge in [0.15, 0.2) is 0 Å². The maximum Gasteiger partial charge on any atom is 0.118 e. The van der Waals surface area contributed by atoms with E-state index in [0.717, 1.165) is 5.75 Å². The van der Waals surface area contributed by atoms with Crippen LogP contribution in [0.25, 0.3) is 0 Å². The highest BCUT2D eigenvalue weighted by Gasteiger charge is 1.85. The standard InChI is InChI=1S/C8H10O.C2H6.F2/c1-7-3-5-8(9-2)6-4-7;2*1-2/h3-6H,1-2H3;1-2H3;. The van der Waals surface area contributed by atoms with E-state index in [1.165, 1.54) is 5.56 Å². The van der Waals surface area contributed by atoms with Gasteiger partial charge in [0.05, 0.1) is 7.11 Å². The molecule has 1 nitrogen and oxygen atoms in total. The highest BCUT2D eigenvalue weighted by atomic mass is 20.0. The molecule has 0 aliphatic rings. The van der Waals surface area contributed by atoms with Crippen molar-refractivity contribution in [3.63, 3.8) is 0 Å². The van der Waals surface area contributed by atoms with Gasteiger partial charge in [-0.2, -0.15) is 0 Å². The highest BCUT2D eigenvalue weighted by molar-refractivity contribution is 5.25.